The molecule has 3 rings (SSSR count). The van der Waals surface area contributed by atoms with E-state index in [0.29, 0.717) is 19.1 Å². The first-order valence-electron chi connectivity index (χ1n) is 7.41. The third-order valence-corrected chi connectivity index (χ3v) is 4.18. The van der Waals surface area contributed by atoms with Crippen LogP contribution in [0.3, 0.4) is 0 Å². The first-order chi connectivity index (χ1) is 10.3. The second-order valence-corrected chi connectivity index (χ2v) is 5.51. The van der Waals surface area contributed by atoms with Gasteiger partial charge >= 0.3 is 5.97 Å². The van der Waals surface area contributed by atoms with Gasteiger partial charge in [-0.2, -0.15) is 0 Å². The highest BCUT2D eigenvalue weighted by Crippen LogP contribution is 2.34. The molecule has 2 heterocycles. The third kappa shape index (κ3) is 3.19. The van der Waals surface area contributed by atoms with Crippen LogP contribution in [0.2, 0.25) is 0 Å². The lowest BCUT2D eigenvalue weighted by atomic mass is 9.92. The van der Waals surface area contributed by atoms with Crippen molar-refractivity contribution in [2.24, 2.45) is 0 Å². The lowest BCUT2D eigenvalue weighted by Gasteiger charge is -2.35. The van der Waals surface area contributed by atoms with Gasteiger partial charge in [-0.25, -0.2) is 4.79 Å². The van der Waals surface area contributed by atoms with Crippen molar-refractivity contribution in [3.8, 4) is 5.75 Å². The Morgan fingerprint density at radius 2 is 2.24 bits per heavy atom. The summed E-state index contributed by atoms with van der Waals surface area (Å²) in [5, 5.41) is 0. The summed E-state index contributed by atoms with van der Waals surface area (Å²) in [5.74, 6) is 1.16. The Hall–Kier alpha value is -1.59. The van der Waals surface area contributed by atoms with Crippen LogP contribution in [0, 0.1) is 0 Å². The number of hydrogen-bond donors (Lipinski definition) is 0. The number of hydrogen-bond acceptors (Lipinski definition) is 5. The SMILES string of the molecule is COC(=O)C1CN(CC2CCOc3ccccc32)CCO1. The van der Waals surface area contributed by atoms with Crippen molar-refractivity contribution in [1.82, 2.24) is 4.90 Å². The lowest BCUT2D eigenvalue weighted by Crippen LogP contribution is -2.47. The molecule has 0 spiro atoms. The van der Waals surface area contributed by atoms with Crippen LogP contribution < -0.4 is 4.74 Å². The molecule has 1 aromatic rings. The Morgan fingerprint density at radius 1 is 1.38 bits per heavy atom. The van der Waals surface area contributed by atoms with Crippen molar-refractivity contribution in [3.63, 3.8) is 0 Å². The lowest BCUT2D eigenvalue weighted by molar-refractivity contribution is -0.159. The van der Waals surface area contributed by atoms with Crippen LogP contribution in [-0.2, 0) is 14.3 Å². The molecule has 2 aliphatic rings. The molecule has 2 aliphatic heterocycles. The molecule has 2 atom stereocenters. The summed E-state index contributed by atoms with van der Waals surface area (Å²) in [6.07, 6.45) is 0.552. The molecule has 2 unspecified atom stereocenters. The van der Waals surface area contributed by atoms with Crippen LogP contribution in [-0.4, -0.2) is 56.9 Å². The second-order valence-electron chi connectivity index (χ2n) is 5.51. The van der Waals surface area contributed by atoms with E-state index >= 15 is 0 Å². The predicted molar refractivity (Wildman–Crippen MR) is 77.5 cm³/mol. The van der Waals surface area contributed by atoms with Crippen molar-refractivity contribution in [3.05, 3.63) is 29.8 Å². The molecule has 0 aliphatic carbocycles. The number of ether oxygens (including phenoxy) is 3. The molecule has 1 aromatic carbocycles. The Morgan fingerprint density at radius 3 is 3.10 bits per heavy atom. The summed E-state index contributed by atoms with van der Waals surface area (Å²) in [6.45, 7) is 3.72. The molecular weight excluding hydrogens is 270 g/mol. The average molecular weight is 291 g/mol. The predicted octanol–water partition coefficient (Wildman–Crippen LogP) is 1.43. The third-order valence-electron chi connectivity index (χ3n) is 4.18. The average Bonchev–Trinajstić information content (AvgIpc) is 2.55. The van der Waals surface area contributed by atoms with Crippen LogP contribution in [0.4, 0.5) is 0 Å². The molecule has 0 radical (unpaired) electrons. The number of carbonyl (C=O) groups excluding carboxylic acids is 1. The highest BCUT2D eigenvalue weighted by atomic mass is 16.6. The van der Waals surface area contributed by atoms with E-state index in [2.05, 4.69) is 17.0 Å². The van der Waals surface area contributed by atoms with Gasteiger partial charge in [0.25, 0.3) is 0 Å². The van der Waals surface area contributed by atoms with Crippen LogP contribution in [0.5, 0.6) is 5.75 Å². The van der Waals surface area contributed by atoms with Gasteiger partial charge in [0.15, 0.2) is 6.10 Å². The molecule has 1 saturated heterocycles. The molecular formula is C16H21NO4. The molecule has 0 aromatic heterocycles. The van der Waals surface area contributed by atoms with Crippen molar-refractivity contribution in [2.45, 2.75) is 18.4 Å². The van der Waals surface area contributed by atoms with Gasteiger partial charge in [-0.3, -0.25) is 4.90 Å². The van der Waals surface area contributed by atoms with Crippen molar-refractivity contribution >= 4 is 5.97 Å². The Bertz CT molecular complexity index is 505. The molecule has 1 fully saturated rings. The number of methoxy groups -OCH3 is 1. The number of carbonyl (C=O) groups is 1. The van der Waals surface area contributed by atoms with Crippen LogP contribution >= 0.6 is 0 Å². The fraction of sp³-hybridized carbons (Fsp3) is 0.562. The van der Waals surface area contributed by atoms with E-state index in [9.17, 15) is 4.79 Å². The summed E-state index contributed by atoms with van der Waals surface area (Å²) in [5.41, 5.74) is 1.27. The van der Waals surface area contributed by atoms with Crippen molar-refractivity contribution < 1.29 is 19.0 Å². The van der Waals surface area contributed by atoms with Gasteiger partial charge in [-0.05, 0) is 18.1 Å². The summed E-state index contributed by atoms with van der Waals surface area (Å²) >= 11 is 0. The quantitative estimate of drug-likeness (QED) is 0.788. The zero-order valence-corrected chi connectivity index (χ0v) is 12.3. The summed E-state index contributed by atoms with van der Waals surface area (Å²) in [6, 6.07) is 8.22. The van der Waals surface area contributed by atoms with Gasteiger partial charge in [0, 0.05) is 25.6 Å². The fourth-order valence-corrected chi connectivity index (χ4v) is 3.06. The Balaban J connectivity index is 1.66. The highest BCUT2D eigenvalue weighted by Gasteiger charge is 2.30. The van der Waals surface area contributed by atoms with E-state index in [4.69, 9.17) is 14.2 Å². The van der Waals surface area contributed by atoms with Gasteiger partial charge in [0.2, 0.25) is 0 Å². The number of benzene rings is 1. The number of nitrogens with zero attached hydrogens (tertiary/aromatic N) is 1. The topological polar surface area (TPSA) is 48.0 Å². The molecule has 5 nitrogen and oxygen atoms in total. The van der Waals surface area contributed by atoms with E-state index in [1.807, 2.05) is 12.1 Å². The van der Waals surface area contributed by atoms with E-state index < -0.39 is 6.10 Å². The maximum atomic E-state index is 11.6. The monoisotopic (exact) mass is 291 g/mol. The minimum absolute atomic E-state index is 0.285. The minimum atomic E-state index is -0.459. The summed E-state index contributed by atoms with van der Waals surface area (Å²) in [4.78, 5) is 13.9. The standard InChI is InChI=1S/C16H21NO4/c1-19-16(18)15-11-17(7-9-21-15)10-12-6-8-20-14-5-3-2-4-13(12)14/h2-5,12,15H,6-11H2,1H3. The van der Waals surface area contributed by atoms with Gasteiger partial charge in [0.05, 0.1) is 20.3 Å². The number of esters is 1. The molecule has 0 N–H and O–H groups in total. The van der Waals surface area contributed by atoms with E-state index in [1.54, 1.807) is 0 Å². The molecule has 5 heteroatoms. The van der Waals surface area contributed by atoms with E-state index in [-0.39, 0.29) is 5.97 Å². The first kappa shape index (κ1) is 14.4. The summed E-state index contributed by atoms with van der Waals surface area (Å²) in [7, 11) is 1.40. The first-order valence-corrected chi connectivity index (χ1v) is 7.41. The van der Waals surface area contributed by atoms with Crippen LogP contribution in [0.1, 0.15) is 17.9 Å². The van der Waals surface area contributed by atoms with E-state index in [0.717, 1.165) is 31.9 Å². The van der Waals surface area contributed by atoms with Crippen LogP contribution in [0.25, 0.3) is 0 Å². The smallest absolute Gasteiger partial charge is 0.336 e. The summed E-state index contributed by atoms with van der Waals surface area (Å²) < 4.78 is 16.0. The number of morpholine rings is 1. The maximum absolute atomic E-state index is 11.6. The molecule has 114 valence electrons. The molecule has 0 amide bonds. The maximum Gasteiger partial charge on any atom is 0.336 e. The Kier molecular flexibility index (Phi) is 4.41. The second kappa shape index (κ2) is 6.45. The number of rotatable bonds is 3. The normalized spacial score (nSPS) is 25.8. The molecule has 21 heavy (non-hydrogen) atoms. The van der Waals surface area contributed by atoms with Gasteiger partial charge in [-0.1, -0.05) is 18.2 Å². The number of para-hydroxylation sites is 1. The largest absolute Gasteiger partial charge is 0.493 e. The van der Waals surface area contributed by atoms with Crippen molar-refractivity contribution in [2.75, 3.05) is 40.0 Å². The molecule has 0 saturated carbocycles. The van der Waals surface area contributed by atoms with Gasteiger partial charge in [0.1, 0.15) is 5.75 Å². The van der Waals surface area contributed by atoms with Gasteiger partial charge in [-0.15, -0.1) is 0 Å². The van der Waals surface area contributed by atoms with E-state index in [1.165, 1.54) is 12.7 Å². The zero-order chi connectivity index (χ0) is 14.7. The molecule has 0 bridgehead atoms. The number of fused-ring (bicyclic) bond motifs is 1. The fourth-order valence-electron chi connectivity index (χ4n) is 3.06. The van der Waals surface area contributed by atoms with Crippen LogP contribution in [0.15, 0.2) is 24.3 Å². The zero-order valence-electron chi connectivity index (χ0n) is 12.3. The minimum Gasteiger partial charge on any atom is -0.493 e. The highest BCUT2D eigenvalue weighted by molar-refractivity contribution is 5.74. The van der Waals surface area contributed by atoms with Crippen molar-refractivity contribution in [1.29, 1.82) is 0 Å². The Labute approximate surface area is 124 Å². The van der Waals surface area contributed by atoms with Gasteiger partial charge < -0.3 is 14.2 Å².